The van der Waals surface area contributed by atoms with E-state index < -0.39 is 23.7 Å². The molecule has 2 aromatic rings. The molecule has 170 valence electrons. The van der Waals surface area contributed by atoms with E-state index >= 15 is 0 Å². The Morgan fingerprint density at radius 1 is 1.19 bits per heavy atom. The predicted molar refractivity (Wildman–Crippen MR) is 121 cm³/mol. The van der Waals surface area contributed by atoms with Crippen molar-refractivity contribution >= 4 is 33.8 Å². The minimum atomic E-state index is -0.644. The van der Waals surface area contributed by atoms with Crippen molar-refractivity contribution < 1.29 is 23.8 Å². The standard InChI is InChI=1S/C22H30BrN3O5/c1-14(2)11-18(20(27)30-13-15-7-9-16(29-6)10-8-15)24-19-17(23)12-26(25-19)21(28)31-22(3,4)5/h7-10,12,14,18H,11,13H2,1-6H3,(H,24,25)/t18-/m0/s1. The summed E-state index contributed by atoms with van der Waals surface area (Å²) in [6, 6.07) is 6.68. The molecular formula is C22H30BrN3O5. The zero-order chi connectivity index (χ0) is 23.2. The number of methoxy groups -OCH3 is 1. The number of rotatable bonds is 8. The zero-order valence-electron chi connectivity index (χ0n) is 18.8. The molecule has 1 atom stereocenters. The van der Waals surface area contributed by atoms with Gasteiger partial charge in [0.25, 0.3) is 0 Å². The number of anilines is 1. The number of carbonyl (C=O) groups excluding carboxylic acids is 2. The molecule has 0 spiro atoms. The molecule has 2 rings (SSSR count). The smallest absolute Gasteiger partial charge is 0.435 e. The molecule has 0 saturated heterocycles. The number of hydrogen-bond donors (Lipinski definition) is 1. The zero-order valence-corrected chi connectivity index (χ0v) is 20.4. The van der Waals surface area contributed by atoms with E-state index in [0.29, 0.717) is 16.7 Å². The van der Waals surface area contributed by atoms with Gasteiger partial charge in [0, 0.05) is 0 Å². The number of nitrogens with one attached hydrogen (secondary N) is 1. The lowest BCUT2D eigenvalue weighted by atomic mass is 10.0. The second kappa shape index (κ2) is 10.7. The number of benzene rings is 1. The molecular weight excluding hydrogens is 466 g/mol. The van der Waals surface area contributed by atoms with Gasteiger partial charge in [-0.1, -0.05) is 26.0 Å². The van der Waals surface area contributed by atoms with Crippen LogP contribution in [-0.2, 0) is 20.9 Å². The Labute approximate surface area is 191 Å². The maximum Gasteiger partial charge on any atom is 0.435 e. The Morgan fingerprint density at radius 2 is 1.84 bits per heavy atom. The van der Waals surface area contributed by atoms with Gasteiger partial charge < -0.3 is 19.5 Å². The van der Waals surface area contributed by atoms with Gasteiger partial charge in [0.1, 0.15) is 24.0 Å². The van der Waals surface area contributed by atoms with Crippen LogP contribution in [0.3, 0.4) is 0 Å². The van der Waals surface area contributed by atoms with Gasteiger partial charge in [-0.15, -0.1) is 5.10 Å². The lowest BCUT2D eigenvalue weighted by Crippen LogP contribution is -2.33. The van der Waals surface area contributed by atoms with E-state index in [1.807, 2.05) is 38.1 Å². The van der Waals surface area contributed by atoms with E-state index in [1.54, 1.807) is 27.9 Å². The molecule has 1 N–H and O–H groups in total. The molecule has 0 bridgehead atoms. The summed E-state index contributed by atoms with van der Waals surface area (Å²) in [5.41, 5.74) is 0.210. The lowest BCUT2D eigenvalue weighted by molar-refractivity contribution is -0.146. The highest BCUT2D eigenvalue weighted by Crippen LogP contribution is 2.24. The highest BCUT2D eigenvalue weighted by Gasteiger charge is 2.25. The largest absolute Gasteiger partial charge is 0.497 e. The highest BCUT2D eigenvalue weighted by molar-refractivity contribution is 9.10. The minimum absolute atomic E-state index is 0.145. The third-order valence-electron chi connectivity index (χ3n) is 4.09. The molecule has 31 heavy (non-hydrogen) atoms. The van der Waals surface area contributed by atoms with Crippen LogP contribution in [0.1, 0.15) is 46.6 Å². The van der Waals surface area contributed by atoms with Crippen molar-refractivity contribution in [2.45, 2.75) is 59.3 Å². The Bertz CT molecular complexity index is 888. The molecule has 0 aliphatic carbocycles. The van der Waals surface area contributed by atoms with E-state index in [-0.39, 0.29) is 12.5 Å². The van der Waals surface area contributed by atoms with Crippen LogP contribution in [0.4, 0.5) is 10.6 Å². The first-order valence-corrected chi connectivity index (χ1v) is 10.8. The van der Waals surface area contributed by atoms with Gasteiger partial charge in [-0.2, -0.15) is 4.68 Å². The summed E-state index contributed by atoms with van der Waals surface area (Å²) >= 11 is 3.38. The second-order valence-electron chi connectivity index (χ2n) is 8.53. The first-order chi connectivity index (χ1) is 14.5. The number of nitrogens with zero attached hydrogens (tertiary/aromatic N) is 2. The number of carbonyl (C=O) groups is 2. The summed E-state index contributed by atoms with van der Waals surface area (Å²) in [5, 5.41) is 7.31. The lowest BCUT2D eigenvalue weighted by Gasteiger charge is -2.20. The number of esters is 1. The normalized spacial score (nSPS) is 12.4. The average Bonchev–Trinajstić information content (AvgIpc) is 3.05. The Hall–Kier alpha value is -2.55. The molecule has 0 unspecified atom stereocenters. The molecule has 0 radical (unpaired) electrons. The number of aromatic nitrogens is 2. The summed E-state index contributed by atoms with van der Waals surface area (Å²) < 4.78 is 17.6. The number of ether oxygens (including phenoxy) is 3. The third kappa shape index (κ3) is 7.90. The van der Waals surface area contributed by atoms with Crippen LogP contribution in [-0.4, -0.2) is 40.6 Å². The van der Waals surface area contributed by atoms with Crippen molar-refractivity contribution in [1.82, 2.24) is 9.78 Å². The van der Waals surface area contributed by atoms with Gasteiger partial charge in [0.05, 0.1) is 17.8 Å². The van der Waals surface area contributed by atoms with Crippen LogP contribution < -0.4 is 10.1 Å². The summed E-state index contributed by atoms with van der Waals surface area (Å²) in [6.45, 7) is 9.51. The van der Waals surface area contributed by atoms with E-state index in [9.17, 15) is 9.59 Å². The molecule has 8 nitrogen and oxygen atoms in total. The Balaban J connectivity index is 2.08. The molecule has 0 aliphatic rings. The summed E-state index contributed by atoms with van der Waals surface area (Å²) in [5.74, 6) is 0.929. The van der Waals surface area contributed by atoms with Crippen molar-refractivity contribution in [3.8, 4) is 5.75 Å². The first kappa shape index (κ1) is 24.7. The summed E-state index contributed by atoms with van der Waals surface area (Å²) in [6.07, 6.45) is 1.42. The van der Waals surface area contributed by atoms with Crippen molar-refractivity contribution in [3.05, 3.63) is 40.5 Å². The van der Waals surface area contributed by atoms with Gasteiger partial charge in [0.15, 0.2) is 5.82 Å². The van der Waals surface area contributed by atoms with Crippen molar-refractivity contribution in [2.24, 2.45) is 5.92 Å². The fraction of sp³-hybridized carbons (Fsp3) is 0.500. The monoisotopic (exact) mass is 495 g/mol. The van der Waals surface area contributed by atoms with Crippen molar-refractivity contribution in [1.29, 1.82) is 0 Å². The van der Waals surface area contributed by atoms with Crippen LogP contribution in [0.15, 0.2) is 34.9 Å². The molecule has 1 aromatic heterocycles. The van der Waals surface area contributed by atoms with Gasteiger partial charge in [-0.05, 0) is 66.7 Å². The van der Waals surface area contributed by atoms with Crippen LogP contribution in [0, 0.1) is 5.92 Å². The third-order valence-corrected chi connectivity index (χ3v) is 4.67. The van der Waals surface area contributed by atoms with Crippen LogP contribution in [0.25, 0.3) is 0 Å². The quantitative estimate of drug-likeness (QED) is 0.514. The molecule has 0 saturated carbocycles. The van der Waals surface area contributed by atoms with Gasteiger partial charge in [-0.25, -0.2) is 9.59 Å². The molecule has 0 aliphatic heterocycles. The topological polar surface area (TPSA) is 91.7 Å². The highest BCUT2D eigenvalue weighted by atomic mass is 79.9. The maximum absolute atomic E-state index is 12.8. The van der Waals surface area contributed by atoms with Gasteiger partial charge in [0.2, 0.25) is 0 Å². The van der Waals surface area contributed by atoms with Crippen LogP contribution >= 0.6 is 15.9 Å². The molecule has 0 fully saturated rings. The van der Waals surface area contributed by atoms with E-state index in [2.05, 4.69) is 26.3 Å². The minimum Gasteiger partial charge on any atom is -0.497 e. The summed E-state index contributed by atoms with van der Waals surface area (Å²) in [4.78, 5) is 25.0. The first-order valence-electron chi connectivity index (χ1n) is 10.0. The molecule has 1 heterocycles. The van der Waals surface area contributed by atoms with Gasteiger partial charge in [-0.3, -0.25) is 0 Å². The van der Waals surface area contributed by atoms with Gasteiger partial charge >= 0.3 is 12.1 Å². The Morgan fingerprint density at radius 3 is 2.39 bits per heavy atom. The SMILES string of the molecule is COc1ccc(COC(=O)[C@H](CC(C)C)Nc2nn(C(=O)OC(C)(C)C)cc2Br)cc1. The Kier molecular flexibility index (Phi) is 8.50. The average molecular weight is 496 g/mol. The van der Waals surface area contributed by atoms with Crippen molar-refractivity contribution in [3.63, 3.8) is 0 Å². The fourth-order valence-corrected chi connectivity index (χ4v) is 3.07. The van der Waals surface area contributed by atoms with Crippen LogP contribution in [0.5, 0.6) is 5.75 Å². The molecule has 0 amide bonds. The number of hydrogen-bond acceptors (Lipinski definition) is 7. The molecule has 9 heteroatoms. The predicted octanol–water partition coefficient (Wildman–Crippen LogP) is 5.01. The van der Waals surface area contributed by atoms with Crippen LogP contribution in [0.2, 0.25) is 0 Å². The maximum atomic E-state index is 12.8. The van der Waals surface area contributed by atoms with E-state index in [0.717, 1.165) is 16.0 Å². The van der Waals surface area contributed by atoms with E-state index in [4.69, 9.17) is 14.2 Å². The number of halogens is 1. The second-order valence-corrected chi connectivity index (χ2v) is 9.39. The van der Waals surface area contributed by atoms with Crippen molar-refractivity contribution in [2.75, 3.05) is 12.4 Å². The molecule has 1 aromatic carbocycles. The fourth-order valence-electron chi connectivity index (χ4n) is 2.68. The summed E-state index contributed by atoms with van der Waals surface area (Å²) in [7, 11) is 1.60. The van der Waals surface area contributed by atoms with E-state index in [1.165, 1.54) is 6.20 Å².